The van der Waals surface area contributed by atoms with Gasteiger partial charge in [0.05, 0.1) is 11.3 Å². The van der Waals surface area contributed by atoms with Crippen molar-refractivity contribution in [2.75, 3.05) is 0 Å². The van der Waals surface area contributed by atoms with Gasteiger partial charge in [-0.05, 0) is 68.5 Å². The summed E-state index contributed by atoms with van der Waals surface area (Å²) in [6, 6.07) is 8.62. The minimum atomic E-state index is -3.61. The number of nitrogens with one attached hydrogen (secondary N) is 1. The number of ether oxygens (including phenoxy) is 1. The van der Waals surface area contributed by atoms with Crippen LogP contribution in [-0.4, -0.2) is 19.7 Å². The van der Waals surface area contributed by atoms with E-state index in [0.717, 1.165) is 12.5 Å². The fraction of sp³-hybridized carbons (Fsp3) is 0.455. The van der Waals surface area contributed by atoms with Gasteiger partial charge >= 0.3 is 0 Å². The average molecular weight is 442 g/mol. The molecular formula is C22H26F3NO3S. The summed E-state index contributed by atoms with van der Waals surface area (Å²) >= 11 is 0. The zero-order valence-electron chi connectivity index (χ0n) is 17.0. The van der Waals surface area contributed by atoms with Crippen molar-refractivity contribution in [1.82, 2.24) is 4.72 Å². The van der Waals surface area contributed by atoms with E-state index in [0.29, 0.717) is 29.7 Å². The van der Waals surface area contributed by atoms with E-state index in [1.165, 1.54) is 12.1 Å². The van der Waals surface area contributed by atoms with Gasteiger partial charge in [-0.1, -0.05) is 18.6 Å². The van der Waals surface area contributed by atoms with Gasteiger partial charge in [-0.3, -0.25) is 0 Å². The van der Waals surface area contributed by atoms with Crippen LogP contribution in [0.5, 0.6) is 5.75 Å². The molecule has 1 aliphatic rings. The lowest BCUT2D eigenvalue weighted by atomic mass is 9.77. The molecule has 164 valence electrons. The number of rotatable bonds is 7. The highest BCUT2D eigenvalue weighted by Gasteiger charge is 2.44. The molecule has 2 aromatic rings. The number of sulfonamides is 1. The SMILES string of the molecule is CC(C)S(=O)(=O)N[C@H]1CCCC[C@]1(F)c1ccc(OCc2cc(F)cc(F)c2)cc1. The zero-order chi connectivity index (χ0) is 21.9. The predicted octanol–water partition coefficient (Wildman–Crippen LogP) is 4.98. The van der Waals surface area contributed by atoms with E-state index in [1.54, 1.807) is 38.1 Å². The van der Waals surface area contributed by atoms with Crippen LogP contribution in [0.25, 0.3) is 0 Å². The van der Waals surface area contributed by atoms with E-state index in [2.05, 4.69) is 4.72 Å². The van der Waals surface area contributed by atoms with Crippen molar-refractivity contribution in [3.05, 3.63) is 65.2 Å². The maximum Gasteiger partial charge on any atom is 0.214 e. The Balaban J connectivity index is 1.74. The highest BCUT2D eigenvalue weighted by Crippen LogP contribution is 2.42. The van der Waals surface area contributed by atoms with Crippen molar-refractivity contribution in [3.8, 4) is 5.75 Å². The average Bonchev–Trinajstić information content (AvgIpc) is 2.68. The molecule has 3 rings (SSSR count). The van der Waals surface area contributed by atoms with Gasteiger partial charge in [-0.15, -0.1) is 0 Å². The molecule has 8 heteroatoms. The van der Waals surface area contributed by atoms with E-state index in [1.807, 2.05) is 0 Å². The third kappa shape index (κ3) is 5.16. The Morgan fingerprint density at radius 3 is 2.33 bits per heavy atom. The van der Waals surface area contributed by atoms with E-state index in [9.17, 15) is 17.2 Å². The summed E-state index contributed by atoms with van der Waals surface area (Å²) in [5.74, 6) is -0.951. The van der Waals surface area contributed by atoms with Crippen LogP contribution in [0.1, 0.15) is 50.7 Å². The Morgan fingerprint density at radius 2 is 1.73 bits per heavy atom. The molecule has 0 bridgehead atoms. The smallest absolute Gasteiger partial charge is 0.214 e. The Labute approximate surface area is 175 Å². The molecule has 30 heavy (non-hydrogen) atoms. The number of benzene rings is 2. The minimum Gasteiger partial charge on any atom is -0.489 e. The second-order valence-electron chi connectivity index (χ2n) is 7.96. The zero-order valence-corrected chi connectivity index (χ0v) is 17.8. The normalized spacial score (nSPS) is 22.3. The highest BCUT2D eigenvalue weighted by atomic mass is 32.2. The monoisotopic (exact) mass is 441 g/mol. The first-order valence-corrected chi connectivity index (χ1v) is 11.5. The van der Waals surface area contributed by atoms with E-state index in [-0.39, 0.29) is 13.0 Å². The van der Waals surface area contributed by atoms with Gasteiger partial charge in [-0.25, -0.2) is 26.3 Å². The first-order chi connectivity index (χ1) is 14.1. The topological polar surface area (TPSA) is 55.4 Å². The number of hydrogen-bond acceptors (Lipinski definition) is 3. The molecular weight excluding hydrogens is 415 g/mol. The molecule has 0 saturated heterocycles. The molecule has 2 aromatic carbocycles. The largest absolute Gasteiger partial charge is 0.489 e. The van der Waals surface area contributed by atoms with Crippen LogP contribution in [-0.2, 0) is 22.3 Å². The van der Waals surface area contributed by atoms with Gasteiger partial charge in [-0.2, -0.15) is 0 Å². The van der Waals surface area contributed by atoms with Crippen molar-refractivity contribution >= 4 is 10.0 Å². The van der Waals surface area contributed by atoms with Gasteiger partial charge in [0.25, 0.3) is 0 Å². The van der Waals surface area contributed by atoms with Gasteiger partial charge in [0.15, 0.2) is 5.67 Å². The van der Waals surface area contributed by atoms with Crippen LogP contribution in [0.3, 0.4) is 0 Å². The Kier molecular flexibility index (Phi) is 6.77. The molecule has 0 amide bonds. The summed E-state index contributed by atoms with van der Waals surface area (Å²) in [7, 11) is -3.61. The third-order valence-corrected chi connectivity index (χ3v) is 7.28. The third-order valence-electron chi connectivity index (χ3n) is 5.42. The summed E-state index contributed by atoms with van der Waals surface area (Å²) in [4.78, 5) is 0. The molecule has 2 atom stereocenters. The van der Waals surface area contributed by atoms with Crippen molar-refractivity contribution in [1.29, 1.82) is 0 Å². The van der Waals surface area contributed by atoms with Crippen LogP contribution in [0.15, 0.2) is 42.5 Å². The molecule has 4 nitrogen and oxygen atoms in total. The van der Waals surface area contributed by atoms with Crippen molar-refractivity contribution in [3.63, 3.8) is 0 Å². The maximum atomic E-state index is 16.0. The second kappa shape index (κ2) is 8.98. The fourth-order valence-corrected chi connectivity index (χ4v) is 4.63. The number of halogens is 3. The lowest BCUT2D eigenvalue weighted by Crippen LogP contribution is -2.51. The molecule has 1 aliphatic carbocycles. The molecule has 0 aromatic heterocycles. The van der Waals surface area contributed by atoms with E-state index < -0.39 is 38.6 Å². The van der Waals surface area contributed by atoms with Crippen molar-refractivity contribution in [2.24, 2.45) is 0 Å². The lowest BCUT2D eigenvalue weighted by molar-refractivity contribution is 0.0711. The fourth-order valence-electron chi connectivity index (χ4n) is 3.66. The Bertz CT molecular complexity index is 959. The molecule has 0 aliphatic heterocycles. The molecule has 1 fully saturated rings. The van der Waals surface area contributed by atoms with Crippen LogP contribution >= 0.6 is 0 Å². The summed E-state index contributed by atoms with van der Waals surface area (Å²) in [6.07, 6.45) is 2.06. The molecule has 0 spiro atoms. The maximum absolute atomic E-state index is 16.0. The first kappa shape index (κ1) is 22.6. The predicted molar refractivity (Wildman–Crippen MR) is 109 cm³/mol. The first-order valence-electron chi connectivity index (χ1n) is 9.98. The summed E-state index contributed by atoms with van der Waals surface area (Å²) in [5.41, 5.74) is -1.10. The molecule has 1 N–H and O–H groups in total. The van der Waals surface area contributed by atoms with Crippen LogP contribution < -0.4 is 9.46 Å². The van der Waals surface area contributed by atoms with Crippen molar-refractivity contribution < 1.29 is 26.3 Å². The van der Waals surface area contributed by atoms with Crippen LogP contribution in [0, 0.1) is 11.6 Å². The molecule has 1 saturated carbocycles. The molecule has 0 heterocycles. The lowest BCUT2D eigenvalue weighted by Gasteiger charge is -2.38. The standard InChI is InChI=1S/C22H26F3NO3S/c1-15(2)30(27,28)26-21-5-3-4-10-22(21,25)17-6-8-20(9-7-17)29-14-16-11-18(23)13-19(24)12-16/h6-9,11-13,15,21,26H,3-5,10,14H2,1-2H3/t21-,22-/m0/s1. The molecule has 0 radical (unpaired) electrons. The summed E-state index contributed by atoms with van der Waals surface area (Å²) < 4.78 is 75.2. The van der Waals surface area contributed by atoms with Crippen LogP contribution in [0.2, 0.25) is 0 Å². The Morgan fingerprint density at radius 1 is 1.10 bits per heavy atom. The van der Waals surface area contributed by atoms with E-state index >= 15 is 4.39 Å². The number of alkyl halides is 1. The van der Waals surface area contributed by atoms with E-state index in [4.69, 9.17) is 4.74 Å². The van der Waals surface area contributed by atoms with Crippen molar-refractivity contribution in [2.45, 2.75) is 63.1 Å². The minimum absolute atomic E-state index is 0.0361. The Hall–Kier alpha value is -2.06. The van der Waals surface area contributed by atoms with Crippen LogP contribution in [0.4, 0.5) is 13.2 Å². The number of hydrogen-bond donors (Lipinski definition) is 1. The van der Waals surface area contributed by atoms with Gasteiger partial charge in [0, 0.05) is 6.07 Å². The highest BCUT2D eigenvalue weighted by molar-refractivity contribution is 7.90. The summed E-state index contributed by atoms with van der Waals surface area (Å²) in [6.45, 7) is 3.08. The van der Waals surface area contributed by atoms with Gasteiger partial charge in [0.1, 0.15) is 24.0 Å². The summed E-state index contributed by atoms with van der Waals surface area (Å²) in [5, 5.41) is -0.646. The second-order valence-corrected chi connectivity index (χ2v) is 10.2. The quantitative estimate of drug-likeness (QED) is 0.659. The van der Waals surface area contributed by atoms with Gasteiger partial charge < -0.3 is 4.74 Å². The molecule has 0 unspecified atom stereocenters. The van der Waals surface area contributed by atoms with Gasteiger partial charge in [0.2, 0.25) is 10.0 Å².